The predicted octanol–water partition coefficient (Wildman–Crippen LogP) is 5.25. The van der Waals surface area contributed by atoms with Gasteiger partial charge in [-0.2, -0.15) is 13.2 Å². The number of ether oxygens (including phenoxy) is 1. The zero-order valence-electron chi connectivity index (χ0n) is 14.3. The maximum absolute atomic E-state index is 13.3. The van der Waals surface area contributed by atoms with Crippen molar-refractivity contribution in [2.24, 2.45) is 0 Å². The van der Waals surface area contributed by atoms with Crippen molar-refractivity contribution in [3.8, 4) is 5.75 Å². The number of nitrogens with one attached hydrogen (secondary N) is 1. The zero-order valence-corrected chi connectivity index (χ0v) is 14.3. The van der Waals surface area contributed by atoms with E-state index >= 15 is 0 Å². The monoisotopic (exact) mass is 382 g/mol. The Bertz CT molecular complexity index is 788. The van der Waals surface area contributed by atoms with Crippen LogP contribution in [0.3, 0.4) is 0 Å². The highest BCUT2D eigenvalue weighted by molar-refractivity contribution is 5.87. The molecule has 0 saturated carbocycles. The topological polar surface area (TPSA) is 41.6 Å². The second-order valence-corrected chi connectivity index (χ2v) is 6.26. The third kappa shape index (κ3) is 5.12. The van der Waals surface area contributed by atoms with Gasteiger partial charge < -0.3 is 9.64 Å². The molecule has 1 fully saturated rings. The molecule has 27 heavy (non-hydrogen) atoms. The van der Waals surface area contributed by atoms with Crippen LogP contribution in [0.5, 0.6) is 5.75 Å². The molecule has 0 spiro atoms. The van der Waals surface area contributed by atoms with Crippen LogP contribution in [-0.4, -0.2) is 25.4 Å². The normalized spacial score (nSPS) is 15.5. The lowest BCUT2D eigenvalue weighted by molar-refractivity contribution is -0.137. The Kier molecular flexibility index (Phi) is 5.53. The smallest absolute Gasteiger partial charge is 0.410 e. The summed E-state index contributed by atoms with van der Waals surface area (Å²) < 4.78 is 58.1. The SMILES string of the molecule is O=C(Nc1cc(N2CCC(F)CC2)cc(C(F)(F)F)c1)Oc1ccccc1. The number of alkyl halides is 4. The Labute approximate surface area is 153 Å². The van der Waals surface area contributed by atoms with Crippen LogP contribution in [0.1, 0.15) is 18.4 Å². The van der Waals surface area contributed by atoms with Crippen molar-refractivity contribution in [1.29, 1.82) is 0 Å². The van der Waals surface area contributed by atoms with E-state index in [9.17, 15) is 22.4 Å². The van der Waals surface area contributed by atoms with Crippen molar-refractivity contribution in [3.05, 3.63) is 54.1 Å². The first-order valence-corrected chi connectivity index (χ1v) is 8.46. The number of amides is 1. The molecule has 1 saturated heterocycles. The maximum atomic E-state index is 13.3. The first kappa shape index (κ1) is 19.0. The number of hydrogen-bond donors (Lipinski definition) is 1. The Balaban J connectivity index is 1.81. The summed E-state index contributed by atoms with van der Waals surface area (Å²) in [5, 5.41) is 2.33. The van der Waals surface area contributed by atoms with Gasteiger partial charge in [0.1, 0.15) is 11.9 Å². The van der Waals surface area contributed by atoms with Gasteiger partial charge in [-0.15, -0.1) is 0 Å². The molecule has 0 aromatic heterocycles. The summed E-state index contributed by atoms with van der Waals surface area (Å²) in [5.41, 5.74) is -0.646. The summed E-state index contributed by atoms with van der Waals surface area (Å²) in [4.78, 5) is 13.7. The van der Waals surface area contributed by atoms with Crippen LogP contribution < -0.4 is 15.0 Å². The molecule has 0 unspecified atom stereocenters. The van der Waals surface area contributed by atoms with E-state index in [0.717, 1.165) is 12.1 Å². The van der Waals surface area contributed by atoms with Gasteiger partial charge in [-0.25, -0.2) is 9.18 Å². The number of halogens is 4. The van der Waals surface area contributed by atoms with E-state index < -0.39 is 24.0 Å². The number of anilines is 2. The van der Waals surface area contributed by atoms with Gasteiger partial charge in [-0.05, 0) is 43.2 Å². The molecular formula is C19H18F4N2O2. The summed E-state index contributed by atoms with van der Waals surface area (Å²) in [5.74, 6) is 0.271. The van der Waals surface area contributed by atoms with Crippen LogP contribution >= 0.6 is 0 Å². The summed E-state index contributed by atoms with van der Waals surface area (Å²) in [6, 6.07) is 11.5. The van der Waals surface area contributed by atoms with Crippen molar-refractivity contribution >= 4 is 17.5 Å². The molecule has 1 heterocycles. The minimum Gasteiger partial charge on any atom is -0.410 e. The fourth-order valence-electron chi connectivity index (χ4n) is 2.87. The quantitative estimate of drug-likeness (QED) is 0.737. The minimum atomic E-state index is -4.58. The van der Waals surface area contributed by atoms with Gasteiger partial charge in [0.25, 0.3) is 0 Å². The van der Waals surface area contributed by atoms with E-state index in [-0.39, 0.29) is 30.0 Å². The van der Waals surface area contributed by atoms with Gasteiger partial charge in [0.2, 0.25) is 0 Å². The van der Waals surface area contributed by atoms with Crippen molar-refractivity contribution in [1.82, 2.24) is 0 Å². The Morgan fingerprint density at radius 1 is 1.07 bits per heavy atom. The van der Waals surface area contributed by atoms with E-state index in [1.165, 1.54) is 6.07 Å². The van der Waals surface area contributed by atoms with Gasteiger partial charge in [0.15, 0.2) is 0 Å². The van der Waals surface area contributed by atoms with E-state index in [2.05, 4.69) is 5.32 Å². The van der Waals surface area contributed by atoms with Crippen LogP contribution in [0.2, 0.25) is 0 Å². The van der Waals surface area contributed by atoms with E-state index in [0.29, 0.717) is 13.1 Å². The second-order valence-electron chi connectivity index (χ2n) is 6.26. The van der Waals surface area contributed by atoms with Crippen LogP contribution in [-0.2, 0) is 6.18 Å². The molecule has 0 radical (unpaired) electrons. The molecule has 144 valence electrons. The fourth-order valence-corrected chi connectivity index (χ4v) is 2.87. The molecule has 1 N–H and O–H groups in total. The summed E-state index contributed by atoms with van der Waals surface area (Å²) in [7, 11) is 0. The molecule has 8 heteroatoms. The zero-order chi connectivity index (χ0) is 19.4. The predicted molar refractivity (Wildman–Crippen MR) is 93.9 cm³/mol. The van der Waals surface area contributed by atoms with Crippen molar-refractivity contribution in [2.45, 2.75) is 25.2 Å². The van der Waals surface area contributed by atoms with Crippen molar-refractivity contribution in [2.75, 3.05) is 23.3 Å². The Morgan fingerprint density at radius 3 is 2.37 bits per heavy atom. The van der Waals surface area contributed by atoms with Gasteiger partial charge in [-0.1, -0.05) is 18.2 Å². The molecule has 1 amide bonds. The molecule has 0 atom stereocenters. The largest absolute Gasteiger partial charge is 0.417 e. The number of carbonyl (C=O) groups is 1. The van der Waals surface area contributed by atoms with E-state index in [1.807, 2.05) is 0 Å². The van der Waals surface area contributed by atoms with Gasteiger partial charge in [0, 0.05) is 24.5 Å². The number of para-hydroxylation sites is 1. The molecule has 3 rings (SSSR count). The molecule has 2 aromatic carbocycles. The van der Waals surface area contributed by atoms with E-state index in [4.69, 9.17) is 4.74 Å². The molecular weight excluding hydrogens is 364 g/mol. The number of benzene rings is 2. The van der Waals surface area contributed by atoms with Crippen LogP contribution in [0, 0.1) is 0 Å². The molecule has 1 aliphatic rings. The lowest BCUT2D eigenvalue weighted by Crippen LogP contribution is -2.34. The third-order valence-electron chi connectivity index (χ3n) is 4.23. The minimum absolute atomic E-state index is 0.0388. The lowest BCUT2D eigenvalue weighted by atomic mass is 10.1. The maximum Gasteiger partial charge on any atom is 0.417 e. The number of carbonyl (C=O) groups excluding carboxylic acids is 1. The summed E-state index contributed by atoms with van der Waals surface area (Å²) in [6.07, 6.45) is -5.89. The Morgan fingerprint density at radius 2 is 1.74 bits per heavy atom. The van der Waals surface area contributed by atoms with Crippen LogP contribution in [0.15, 0.2) is 48.5 Å². The highest BCUT2D eigenvalue weighted by Crippen LogP contribution is 2.35. The highest BCUT2D eigenvalue weighted by atomic mass is 19.4. The number of rotatable bonds is 3. The number of nitrogens with zero attached hydrogens (tertiary/aromatic N) is 1. The van der Waals surface area contributed by atoms with Gasteiger partial charge in [0.05, 0.1) is 5.56 Å². The average Bonchev–Trinajstić information content (AvgIpc) is 2.62. The summed E-state index contributed by atoms with van der Waals surface area (Å²) >= 11 is 0. The number of piperidine rings is 1. The highest BCUT2D eigenvalue weighted by Gasteiger charge is 2.32. The number of hydrogen-bond acceptors (Lipinski definition) is 3. The second kappa shape index (κ2) is 7.85. The first-order valence-electron chi connectivity index (χ1n) is 8.46. The standard InChI is InChI=1S/C19H18F4N2O2/c20-14-6-8-25(9-7-14)16-11-13(19(21,22)23)10-15(12-16)24-18(26)27-17-4-2-1-3-5-17/h1-5,10-12,14H,6-9H2,(H,24,26). The molecule has 1 aliphatic heterocycles. The van der Waals surface area contributed by atoms with Gasteiger partial charge in [-0.3, -0.25) is 5.32 Å². The lowest BCUT2D eigenvalue weighted by Gasteiger charge is -2.31. The Hall–Kier alpha value is -2.77. The molecule has 4 nitrogen and oxygen atoms in total. The fraction of sp³-hybridized carbons (Fsp3) is 0.316. The summed E-state index contributed by atoms with van der Waals surface area (Å²) in [6.45, 7) is 0.632. The van der Waals surface area contributed by atoms with Crippen LogP contribution in [0.25, 0.3) is 0 Å². The van der Waals surface area contributed by atoms with Crippen molar-refractivity contribution in [3.63, 3.8) is 0 Å². The van der Waals surface area contributed by atoms with E-state index in [1.54, 1.807) is 35.2 Å². The molecule has 0 aliphatic carbocycles. The molecule has 2 aromatic rings. The first-order chi connectivity index (χ1) is 12.8. The average molecular weight is 382 g/mol. The van der Waals surface area contributed by atoms with Crippen molar-refractivity contribution < 1.29 is 27.1 Å². The molecule has 0 bridgehead atoms. The van der Waals surface area contributed by atoms with Crippen LogP contribution in [0.4, 0.5) is 33.7 Å². The van der Waals surface area contributed by atoms with Gasteiger partial charge >= 0.3 is 12.3 Å². The third-order valence-corrected chi connectivity index (χ3v) is 4.23.